The molecule has 2 rings (SSSR count). The predicted molar refractivity (Wildman–Crippen MR) is 133 cm³/mol. The van der Waals surface area contributed by atoms with Gasteiger partial charge in [-0.15, -0.1) is 11.8 Å². The third-order valence-corrected chi connectivity index (χ3v) is 6.68. The average Bonchev–Trinajstić information content (AvgIpc) is 2.80. The lowest BCUT2D eigenvalue weighted by Crippen LogP contribution is -2.51. The SMILES string of the molecule is CC[C@@H](C)NC(=O)[C@@H](CC)N(Cc1ccccc1Cl)C(=O)CSCc1ccc([N+](=O)[O-])cc1. The number of benzene rings is 2. The molecule has 0 saturated carbocycles. The quantitative estimate of drug-likeness (QED) is 0.325. The Morgan fingerprint density at radius 2 is 1.79 bits per heavy atom. The fourth-order valence-electron chi connectivity index (χ4n) is 3.22. The molecule has 0 fully saturated rings. The number of hydrogen-bond donors (Lipinski definition) is 1. The van der Waals surface area contributed by atoms with Crippen molar-refractivity contribution >= 4 is 40.9 Å². The molecule has 2 aromatic carbocycles. The molecule has 0 spiro atoms. The van der Waals surface area contributed by atoms with Gasteiger partial charge in [0.15, 0.2) is 0 Å². The van der Waals surface area contributed by atoms with Crippen LogP contribution in [0.3, 0.4) is 0 Å². The number of nitro groups is 1. The van der Waals surface area contributed by atoms with Crippen LogP contribution in [-0.4, -0.2) is 39.5 Å². The van der Waals surface area contributed by atoms with Crippen LogP contribution in [0.4, 0.5) is 5.69 Å². The summed E-state index contributed by atoms with van der Waals surface area (Å²) in [5.74, 6) is 0.370. The number of carbonyl (C=O) groups is 2. The Morgan fingerprint density at radius 3 is 2.36 bits per heavy atom. The maximum atomic E-state index is 13.2. The number of halogens is 1. The molecule has 33 heavy (non-hydrogen) atoms. The zero-order valence-electron chi connectivity index (χ0n) is 19.1. The number of carbonyl (C=O) groups excluding carboxylic acids is 2. The molecule has 0 bridgehead atoms. The summed E-state index contributed by atoms with van der Waals surface area (Å²) in [5, 5.41) is 14.3. The molecule has 0 aromatic heterocycles. The zero-order valence-corrected chi connectivity index (χ0v) is 20.7. The Morgan fingerprint density at radius 1 is 1.12 bits per heavy atom. The number of amides is 2. The van der Waals surface area contributed by atoms with Gasteiger partial charge in [0.25, 0.3) is 5.69 Å². The topological polar surface area (TPSA) is 92.6 Å². The van der Waals surface area contributed by atoms with Gasteiger partial charge in [-0.2, -0.15) is 0 Å². The predicted octanol–water partition coefficient (Wildman–Crippen LogP) is 5.20. The van der Waals surface area contributed by atoms with Crippen molar-refractivity contribution in [3.05, 3.63) is 74.8 Å². The Balaban J connectivity index is 2.13. The van der Waals surface area contributed by atoms with E-state index >= 15 is 0 Å². The van der Waals surface area contributed by atoms with Crippen molar-refractivity contribution in [2.45, 2.75) is 58.0 Å². The van der Waals surface area contributed by atoms with Crippen LogP contribution in [0.2, 0.25) is 5.02 Å². The first-order chi connectivity index (χ1) is 15.8. The molecule has 1 N–H and O–H groups in total. The van der Waals surface area contributed by atoms with Gasteiger partial charge in [-0.1, -0.05) is 55.8 Å². The van der Waals surface area contributed by atoms with E-state index in [0.29, 0.717) is 17.2 Å². The highest BCUT2D eigenvalue weighted by atomic mass is 35.5. The normalized spacial score (nSPS) is 12.6. The van der Waals surface area contributed by atoms with Gasteiger partial charge in [0.2, 0.25) is 11.8 Å². The number of rotatable bonds is 12. The summed E-state index contributed by atoms with van der Waals surface area (Å²) < 4.78 is 0. The molecule has 0 aliphatic heterocycles. The standard InChI is InChI=1S/C24H30ClN3O4S/c1-4-17(3)26-24(30)22(5-2)27(14-19-8-6-7-9-21(19)25)23(29)16-33-15-18-10-12-20(13-11-18)28(31)32/h6-13,17,22H,4-5,14-16H2,1-3H3,(H,26,30)/t17-,22-/m1/s1. The fourth-order valence-corrected chi connectivity index (χ4v) is 4.29. The second-order valence-corrected chi connectivity index (χ2v) is 9.16. The lowest BCUT2D eigenvalue weighted by atomic mass is 10.1. The zero-order chi connectivity index (χ0) is 24.4. The second kappa shape index (κ2) is 13.2. The van der Waals surface area contributed by atoms with Gasteiger partial charge in [-0.3, -0.25) is 19.7 Å². The van der Waals surface area contributed by atoms with Crippen molar-refractivity contribution in [2.75, 3.05) is 5.75 Å². The van der Waals surface area contributed by atoms with E-state index in [1.807, 2.05) is 39.0 Å². The minimum atomic E-state index is -0.609. The third-order valence-electron chi connectivity index (χ3n) is 5.33. The van der Waals surface area contributed by atoms with E-state index in [2.05, 4.69) is 5.32 Å². The fraction of sp³-hybridized carbons (Fsp3) is 0.417. The Hall–Kier alpha value is -2.58. The van der Waals surface area contributed by atoms with Crippen LogP contribution in [0.1, 0.15) is 44.7 Å². The van der Waals surface area contributed by atoms with Crippen molar-refractivity contribution in [2.24, 2.45) is 0 Å². The highest BCUT2D eigenvalue weighted by Gasteiger charge is 2.29. The maximum absolute atomic E-state index is 13.2. The van der Waals surface area contributed by atoms with Gasteiger partial charge in [0, 0.05) is 35.5 Å². The van der Waals surface area contributed by atoms with Crippen LogP contribution in [0.25, 0.3) is 0 Å². The molecule has 2 atom stereocenters. The number of hydrogen-bond acceptors (Lipinski definition) is 5. The van der Waals surface area contributed by atoms with E-state index in [1.165, 1.54) is 23.9 Å². The number of non-ortho nitro benzene ring substituents is 1. The van der Waals surface area contributed by atoms with E-state index < -0.39 is 11.0 Å². The van der Waals surface area contributed by atoms with Gasteiger partial charge in [-0.05, 0) is 37.0 Å². The van der Waals surface area contributed by atoms with Crippen LogP contribution in [0.5, 0.6) is 0 Å². The number of thioether (sulfide) groups is 1. The van der Waals surface area contributed by atoms with E-state index in [-0.39, 0.29) is 35.8 Å². The molecule has 178 valence electrons. The molecule has 9 heteroatoms. The minimum absolute atomic E-state index is 0.0142. The molecule has 7 nitrogen and oxygen atoms in total. The summed E-state index contributed by atoms with van der Waals surface area (Å²) in [6.45, 7) is 6.05. The lowest BCUT2D eigenvalue weighted by molar-refractivity contribution is -0.384. The van der Waals surface area contributed by atoms with Gasteiger partial charge in [0.1, 0.15) is 6.04 Å². The van der Waals surface area contributed by atoms with Crippen molar-refractivity contribution in [1.82, 2.24) is 10.2 Å². The van der Waals surface area contributed by atoms with Crippen molar-refractivity contribution in [1.29, 1.82) is 0 Å². The number of nitro benzene ring substituents is 1. The third kappa shape index (κ3) is 8.05. The van der Waals surface area contributed by atoms with Gasteiger partial charge in [0.05, 0.1) is 10.7 Å². The monoisotopic (exact) mass is 491 g/mol. The first kappa shape index (κ1) is 26.7. The Kier molecular flexibility index (Phi) is 10.7. The van der Waals surface area contributed by atoms with Crippen LogP contribution in [-0.2, 0) is 21.9 Å². The van der Waals surface area contributed by atoms with Gasteiger partial charge in [-0.25, -0.2) is 0 Å². The van der Waals surface area contributed by atoms with Crippen LogP contribution in [0, 0.1) is 10.1 Å². The van der Waals surface area contributed by atoms with Gasteiger partial charge >= 0.3 is 0 Å². The molecule has 2 aromatic rings. The summed E-state index contributed by atoms with van der Waals surface area (Å²) >= 11 is 7.74. The summed E-state index contributed by atoms with van der Waals surface area (Å²) in [6.07, 6.45) is 1.28. The van der Waals surface area contributed by atoms with Crippen LogP contribution >= 0.6 is 23.4 Å². The number of nitrogens with zero attached hydrogens (tertiary/aromatic N) is 2. The van der Waals surface area contributed by atoms with Gasteiger partial charge < -0.3 is 10.2 Å². The van der Waals surface area contributed by atoms with Crippen LogP contribution < -0.4 is 5.32 Å². The number of nitrogens with one attached hydrogen (secondary N) is 1. The van der Waals surface area contributed by atoms with E-state index in [4.69, 9.17) is 11.6 Å². The largest absolute Gasteiger partial charge is 0.352 e. The van der Waals surface area contributed by atoms with Crippen molar-refractivity contribution in [3.8, 4) is 0 Å². The first-order valence-corrected chi connectivity index (χ1v) is 12.4. The van der Waals surface area contributed by atoms with E-state index in [9.17, 15) is 19.7 Å². The molecule has 0 saturated heterocycles. The van der Waals surface area contributed by atoms with E-state index in [1.54, 1.807) is 23.1 Å². The lowest BCUT2D eigenvalue weighted by Gasteiger charge is -2.31. The molecule has 2 amide bonds. The smallest absolute Gasteiger partial charge is 0.269 e. The maximum Gasteiger partial charge on any atom is 0.269 e. The van der Waals surface area contributed by atoms with Crippen molar-refractivity contribution < 1.29 is 14.5 Å². The highest BCUT2D eigenvalue weighted by Crippen LogP contribution is 2.22. The molecule has 0 aliphatic rings. The molecular formula is C24H30ClN3O4S. The van der Waals surface area contributed by atoms with E-state index in [0.717, 1.165) is 17.5 Å². The first-order valence-electron chi connectivity index (χ1n) is 10.9. The van der Waals surface area contributed by atoms with Crippen LogP contribution in [0.15, 0.2) is 48.5 Å². The summed E-state index contributed by atoms with van der Waals surface area (Å²) in [5.41, 5.74) is 1.70. The summed E-state index contributed by atoms with van der Waals surface area (Å²) in [6, 6.07) is 13.0. The minimum Gasteiger partial charge on any atom is -0.352 e. The molecular weight excluding hydrogens is 462 g/mol. The molecule has 0 heterocycles. The summed E-state index contributed by atoms with van der Waals surface area (Å²) in [7, 11) is 0. The highest BCUT2D eigenvalue weighted by molar-refractivity contribution is 7.99. The van der Waals surface area contributed by atoms with Crippen molar-refractivity contribution in [3.63, 3.8) is 0 Å². The molecule has 0 aliphatic carbocycles. The Bertz CT molecular complexity index is 955. The summed E-state index contributed by atoms with van der Waals surface area (Å²) in [4.78, 5) is 38.2. The molecule has 0 radical (unpaired) electrons. The Labute approximate surface area is 204 Å². The second-order valence-electron chi connectivity index (χ2n) is 7.77. The molecule has 0 unspecified atom stereocenters. The average molecular weight is 492 g/mol.